The Morgan fingerprint density at radius 3 is 2.74 bits per heavy atom. The van der Waals surface area contributed by atoms with Gasteiger partial charge >= 0.3 is 0 Å². The van der Waals surface area contributed by atoms with Crippen LogP contribution in [-0.4, -0.2) is 59.1 Å². The Kier molecular flexibility index (Phi) is 5.47. The van der Waals surface area contributed by atoms with Gasteiger partial charge in [0.2, 0.25) is 5.88 Å². The summed E-state index contributed by atoms with van der Waals surface area (Å²) < 4.78 is 61.6. The van der Waals surface area contributed by atoms with Gasteiger partial charge in [0.1, 0.15) is 23.2 Å². The van der Waals surface area contributed by atoms with Crippen LogP contribution in [0, 0.1) is 12.7 Å². The molecule has 5 rings (SSSR count). The van der Waals surface area contributed by atoms with E-state index in [1.807, 2.05) is 6.92 Å². The number of nitrogens with zero attached hydrogens (tertiary/aromatic N) is 3. The molecule has 3 heterocycles. The van der Waals surface area contributed by atoms with Crippen LogP contribution in [-0.2, 0) is 0 Å². The summed E-state index contributed by atoms with van der Waals surface area (Å²) in [6.45, 7) is 1.87. The van der Waals surface area contributed by atoms with Gasteiger partial charge in [0.05, 0.1) is 19.2 Å². The summed E-state index contributed by atoms with van der Waals surface area (Å²) >= 11 is 0. The van der Waals surface area contributed by atoms with Crippen LogP contribution >= 0.6 is 0 Å². The fourth-order valence-corrected chi connectivity index (χ4v) is 4.25. The van der Waals surface area contributed by atoms with Crippen LogP contribution in [0.4, 0.5) is 13.2 Å². The third-order valence-corrected chi connectivity index (χ3v) is 5.91. The maximum atomic E-state index is 15.2. The fraction of sp³-hybridized carbons (Fsp3) is 0.333. The Hall–Kier alpha value is -3.53. The van der Waals surface area contributed by atoms with Gasteiger partial charge < -0.3 is 24.1 Å². The predicted octanol–water partition coefficient (Wildman–Crippen LogP) is 5.08. The number of ether oxygens (including phenoxy) is 3. The largest absolute Gasteiger partial charge is 0.497 e. The average molecular weight is 472 g/mol. The molecule has 0 amide bonds. The second kappa shape index (κ2) is 8.35. The van der Waals surface area contributed by atoms with E-state index < -0.39 is 24.4 Å². The maximum Gasteiger partial charge on any atom is 0.296 e. The molecule has 1 atom stereocenters. The van der Waals surface area contributed by atoms with Crippen LogP contribution in [0.1, 0.15) is 12.1 Å². The molecule has 1 aliphatic rings. The van der Waals surface area contributed by atoms with Crippen molar-refractivity contribution < 1.29 is 27.4 Å². The lowest BCUT2D eigenvalue weighted by Crippen LogP contribution is -2.52. The molecule has 2 aromatic carbocycles. The Morgan fingerprint density at radius 2 is 1.97 bits per heavy atom. The van der Waals surface area contributed by atoms with E-state index in [9.17, 15) is 8.78 Å². The number of hydrogen-bond acceptors (Lipinski definition) is 6. The highest BCUT2D eigenvalue weighted by molar-refractivity contribution is 5.91. The molecular weight excluding hydrogens is 449 g/mol. The van der Waals surface area contributed by atoms with E-state index in [2.05, 4.69) is 15.0 Å². The zero-order valence-corrected chi connectivity index (χ0v) is 18.9. The van der Waals surface area contributed by atoms with E-state index in [0.29, 0.717) is 28.7 Å². The van der Waals surface area contributed by atoms with Crippen molar-refractivity contribution >= 4 is 21.8 Å². The number of H-pyrrole nitrogens is 1. The Labute approximate surface area is 193 Å². The molecule has 178 valence electrons. The number of fused-ring (bicyclic) bond motifs is 2. The van der Waals surface area contributed by atoms with Crippen molar-refractivity contribution in [1.29, 1.82) is 0 Å². The first kappa shape index (κ1) is 22.3. The molecule has 1 aliphatic heterocycles. The highest BCUT2D eigenvalue weighted by atomic mass is 19.3. The number of aryl methyl sites for hydroxylation is 1. The van der Waals surface area contributed by atoms with Crippen LogP contribution in [0.3, 0.4) is 0 Å². The Morgan fingerprint density at radius 1 is 1.15 bits per heavy atom. The van der Waals surface area contributed by atoms with Crippen LogP contribution in [0.15, 0.2) is 36.7 Å². The number of hydrogen-bond donors (Lipinski definition) is 1. The molecule has 34 heavy (non-hydrogen) atoms. The number of rotatable bonds is 5. The Balaban J connectivity index is 1.59. The van der Waals surface area contributed by atoms with Crippen molar-refractivity contribution in [2.24, 2.45) is 0 Å². The molecule has 1 fully saturated rings. The van der Waals surface area contributed by atoms with Crippen molar-refractivity contribution in [2.45, 2.75) is 25.4 Å². The third-order valence-electron chi connectivity index (χ3n) is 5.91. The fourth-order valence-electron chi connectivity index (χ4n) is 4.25. The summed E-state index contributed by atoms with van der Waals surface area (Å²) in [5.74, 6) is -3.24. The smallest absolute Gasteiger partial charge is 0.296 e. The van der Waals surface area contributed by atoms with Gasteiger partial charge in [0, 0.05) is 41.7 Å². The summed E-state index contributed by atoms with van der Waals surface area (Å²) in [5.41, 5.74) is 1.79. The van der Waals surface area contributed by atoms with Crippen LogP contribution in [0.2, 0.25) is 0 Å². The highest BCUT2D eigenvalue weighted by Crippen LogP contribution is 2.41. The molecular formula is C24H23F3N4O3. The van der Waals surface area contributed by atoms with Gasteiger partial charge in [-0.3, -0.25) is 0 Å². The number of piperidine rings is 1. The molecule has 0 spiro atoms. The van der Waals surface area contributed by atoms with E-state index in [1.165, 1.54) is 25.6 Å². The summed E-state index contributed by atoms with van der Waals surface area (Å²) in [6.07, 6.45) is 0.0228. The number of aromatic amines is 1. The van der Waals surface area contributed by atoms with Crippen molar-refractivity contribution in [3.63, 3.8) is 0 Å². The standard InChI is InChI=1S/C24H23F3N4O3/c1-13-8-15-16(30-13)4-5-18(22(15)25)34-23-21-17(28-12-29-23)9-14(32-3)10-19(21)33-20-6-7-31(2)11-24(20,26)27/h4-5,8-10,12,20,30H,6-7,11H2,1-3H3. The minimum atomic E-state index is -3.07. The van der Waals surface area contributed by atoms with Gasteiger partial charge in [-0.05, 0) is 32.2 Å². The molecule has 1 N–H and O–H groups in total. The lowest BCUT2D eigenvalue weighted by Gasteiger charge is -2.36. The zero-order valence-electron chi connectivity index (χ0n) is 18.9. The monoisotopic (exact) mass is 472 g/mol. The van der Waals surface area contributed by atoms with Crippen molar-refractivity contribution in [2.75, 3.05) is 27.2 Å². The number of benzene rings is 2. The lowest BCUT2D eigenvalue weighted by atomic mass is 10.0. The van der Waals surface area contributed by atoms with Crippen LogP contribution in [0.25, 0.3) is 21.8 Å². The molecule has 0 radical (unpaired) electrons. The van der Waals surface area contributed by atoms with Crippen molar-refractivity contribution in [3.8, 4) is 23.1 Å². The lowest BCUT2D eigenvalue weighted by molar-refractivity contribution is -0.134. The number of nitrogens with one attached hydrogen (secondary N) is 1. The molecule has 10 heteroatoms. The second-order valence-corrected chi connectivity index (χ2v) is 8.49. The molecule has 0 saturated carbocycles. The predicted molar refractivity (Wildman–Crippen MR) is 121 cm³/mol. The number of halogens is 3. The van der Waals surface area contributed by atoms with Gasteiger partial charge in [-0.2, -0.15) is 0 Å². The first-order valence-corrected chi connectivity index (χ1v) is 10.8. The number of likely N-dealkylation sites (tertiary alicyclic amines) is 1. The molecule has 7 nitrogen and oxygen atoms in total. The SMILES string of the molecule is COc1cc(OC2CCN(C)CC2(F)F)c2c(Oc3ccc4[nH]c(C)cc4c3F)ncnc2c1. The summed E-state index contributed by atoms with van der Waals surface area (Å²) in [5, 5.41) is 0.625. The van der Waals surface area contributed by atoms with E-state index in [4.69, 9.17) is 14.2 Å². The Bertz CT molecular complexity index is 1370. The normalized spacial score (nSPS) is 18.4. The summed E-state index contributed by atoms with van der Waals surface area (Å²) in [6, 6.07) is 7.96. The highest BCUT2D eigenvalue weighted by Gasteiger charge is 2.45. The summed E-state index contributed by atoms with van der Waals surface area (Å²) in [4.78, 5) is 13.0. The van der Waals surface area contributed by atoms with Gasteiger partial charge in [0.15, 0.2) is 17.7 Å². The number of alkyl halides is 2. The van der Waals surface area contributed by atoms with E-state index in [0.717, 1.165) is 5.69 Å². The van der Waals surface area contributed by atoms with Crippen molar-refractivity contribution in [3.05, 3.63) is 48.2 Å². The molecule has 4 aromatic rings. The van der Waals surface area contributed by atoms with Gasteiger partial charge in [-0.15, -0.1) is 0 Å². The minimum absolute atomic E-state index is 0.00981. The quantitative estimate of drug-likeness (QED) is 0.437. The molecule has 0 aliphatic carbocycles. The first-order chi connectivity index (χ1) is 16.2. The van der Waals surface area contributed by atoms with Crippen LogP contribution < -0.4 is 14.2 Å². The van der Waals surface area contributed by atoms with E-state index in [-0.39, 0.29) is 29.2 Å². The third kappa shape index (κ3) is 3.98. The van der Waals surface area contributed by atoms with Gasteiger partial charge in [-0.1, -0.05) is 0 Å². The topological polar surface area (TPSA) is 72.5 Å². The maximum absolute atomic E-state index is 15.2. The molecule has 0 bridgehead atoms. The molecule has 1 unspecified atom stereocenters. The average Bonchev–Trinajstić information content (AvgIpc) is 3.18. The summed E-state index contributed by atoms with van der Waals surface area (Å²) in [7, 11) is 3.10. The number of methoxy groups -OCH3 is 1. The van der Waals surface area contributed by atoms with E-state index >= 15 is 4.39 Å². The minimum Gasteiger partial charge on any atom is -0.497 e. The van der Waals surface area contributed by atoms with Crippen LogP contribution in [0.5, 0.6) is 23.1 Å². The second-order valence-electron chi connectivity index (χ2n) is 8.49. The molecule has 2 aromatic heterocycles. The number of aromatic nitrogens is 3. The van der Waals surface area contributed by atoms with E-state index in [1.54, 1.807) is 30.1 Å². The molecule has 1 saturated heterocycles. The first-order valence-electron chi connectivity index (χ1n) is 10.8. The zero-order chi connectivity index (χ0) is 24.0. The van der Waals surface area contributed by atoms with Gasteiger partial charge in [-0.25, -0.2) is 23.1 Å². The van der Waals surface area contributed by atoms with Crippen molar-refractivity contribution in [1.82, 2.24) is 19.9 Å². The van der Waals surface area contributed by atoms with Gasteiger partial charge in [0.25, 0.3) is 5.92 Å².